The van der Waals surface area contributed by atoms with Crippen molar-refractivity contribution in [3.8, 4) is 5.75 Å². The number of benzene rings is 1. The van der Waals surface area contributed by atoms with E-state index in [0.29, 0.717) is 24.2 Å². The van der Waals surface area contributed by atoms with Crippen LogP contribution >= 0.6 is 11.8 Å². The number of aromatic nitrogens is 1. The number of esters is 1. The van der Waals surface area contributed by atoms with E-state index in [1.165, 1.54) is 7.11 Å². The Labute approximate surface area is 192 Å². The van der Waals surface area contributed by atoms with Crippen LogP contribution in [0.25, 0.3) is 5.57 Å². The minimum atomic E-state index is -0.691. The molecule has 7 heteroatoms. The summed E-state index contributed by atoms with van der Waals surface area (Å²) in [6.07, 6.45) is 11.6. The third kappa shape index (κ3) is 6.34. The van der Waals surface area contributed by atoms with Gasteiger partial charge >= 0.3 is 5.97 Å². The summed E-state index contributed by atoms with van der Waals surface area (Å²) in [5.74, 6) is 0.624. The van der Waals surface area contributed by atoms with Gasteiger partial charge in [-0.05, 0) is 53.3 Å². The third-order valence-corrected chi connectivity index (χ3v) is 5.56. The quantitative estimate of drug-likeness (QED) is 0.456. The van der Waals surface area contributed by atoms with E-state index in [2.05, 4.69) is 10.3 Å². The molecule has 3 rings (SSSR count). The van der Waals surface area contributed by atoms with Crippen LogP contribution < -0.4 is 10.1 Å². The summed E-state index contributed by atoms with van der Waals surface area (Å²) in [5.41, 5.74) is 3.23. The number of methoxy groups -OCH3 is 1. The van der Waals surface area contributed by atoms with Gasteiger partial charge in [0.2, 0.25) is 0 Å². The fourth-order valence-electron chi connectivity index (χ4n) is 3.26. The van der Waals surface area contributed by atoms with E-state index in [0.717, 1.165) is 22.5 Å². The standard InChI is InChI=1S/C25H26N2O4S/c1-30-25(29)23(12-14-32-2)27-24(28)21-11-10-18(17-31-20-9-6-13-26-16-20)15-22(21)19-7-4-3-5-8-19/h3-11,13,16-17,23H,12,14-15H2,1-2H3,(H,27,28)/t23-/m0/s1. The molecule has 6 nitrogen and oxygen atoms in total. The number of pyridine rings is 1. The zero-order valence-electron chi connectivity index (χ0n) is 18.1. The molecule has 1 amide bonds. The van der Waals surface area contributed by atoms with Gasteiger partial charge in [0, 0.05) is 18.2 Å². The average molecular weight is 451 g/mol. The number of nitrogens with one attached hydrogen (secondary N) is 1. The average Bonchev–Trinajstić information content (AvgIpc) is 2.85. The Kier molecular flexibility index (Phi) is 8.69. The minimum Gasteiger partial charge on any atom is -0.467 e. The lowest BCUT2D eigenvalue weighted by Gasteiger charge is -2.21. The summed E-state index contributed by atoms with van der Waals surface area (Å²) in [6, 6.07) is 12.7. The molecule has 0 radical (unpaired) electrons. The monoisotopic (exact) mass is 450 g/mol. The smallest absolute Gasteiger partial charge is 0.328 e. The predicted octanol–water partition coefficient (Wildman–Crippen LogP) is 4.17. The minimum absolute atomic E-state index is 0.302. The van der Waals surface area contributed by atoms with Crippen molar-refractivity contribution in [3.63, 3.8) is 0 Å². The summed E-state index contributed by atoms with van der Waals surface area (Å²) in [5, 5.41) is 2.85. The third-order valence-electron chi connectivity index (χ3n) is 4.92. The maximum absolute atomic E-state index is 13.2. The van der Waals surface area contributed by atoms with Crippen LogP contribution in [0.4, 0.5) is 0 Å². The van der Waals surface area contributed by atoms with Gasteiger partial charge in [-0.3, -0.25) is 9.78 Å². The van der Waals surface area contributed by atoms with E-state index in [1.807, 2.05) is 48.7 Å². The lowest BCUT2D eigenvalue weighted by molar-refractivity contribution is -0.144. The van der Waals surface area contributed by atoms with Gasteiger partial charge in [-0.1, -0.05) is 36.4 Å². The second-order valence-electron chi connectivity index (χ2n) is 7.10. The Morgan fingerprint density at radius 2 is 2.00 bits per heavy atom. The first-order chi connectivity index (χ1) is 15.6. The number of amides is 1. The number of allylic oxidation sites excluding steroid dienone is 3. The Morgan fingerprint density at radius 3 is 2.69 bits per heavy atom. The fraction of sp³-hybridized carbons (Fsp3) is 0.240. The summed E-state index contributed by atoms with van der Waals surface area (Å²) >= 11 is 1.61. The van der Waals surface area contributed by atoms with Crippen molar-refractivity contribution in [1.82, 2.24) is 10.3 Å². The molecule has 2 aromatic rings. The molecule has 32 heavy (non-hydrogen) atoms. The Morgan fingerprint density at radius 1 is 1.19 bits per heavy atom. The number of hydrogen-bond acceptors (Lipinski definition) is 6. The lowest BCUT2D eigenvalue weighted by atomic mass is 9.89. The number of rotatable bonds is 9. The number of ether oxygens (including phenoxy) is 2. The van der Waals surface area contributed by atoms with E-state index < -0.39 is 12.0 Å². The van der Waals surface area contributed by atoms with E-state index >= 15 is 0 Å². The molecule has 1 aromatic carbocycles. The van der Waals surface area contributed by atoms with Crippen molar-refractivity contribution in [1.29, 1.82) is 0 Å². The van der Waals surface area contributed by atoms with Crippen molar-refractivity contribution < 1.29 is 19.1 Å². The van der Waals surface area contributed by atoms with Crippen LogP contribution in [0, 0.1) is 0 Å². The molecule has 1 aromatic heterocycles. The Bertz CT molecular complexity index is 1020. The van der Waals surface area contributed by atoms with Gasteiger partial charge < -0.3 is 14.8 Å². The van der Waals surface area contributed by atoms with Gasteiger partial charge in [-0.25, -0.2) is 4.79 Å². The van der Waals surface area contributed by atoms with Crippen LogP contribution in [-0.4, -0.2) is 42.0 Å². The van der Waals surface area contributed by atoms with Gasteiger partial charge in [0.25, 0.3) is 5.91 Å². The topological polar surface area (TPSA) is 77.5 Å². The maximum atomic E-state index is 13.2. The zero-order chi connectivity index (χ0) is 22.8. The molecule has 1 atom stereocenters. The first-order valence-corrected chi connectivity index (χ1v) is 11.6. The SMILES string of the molecule is COC(=O)[C@H](CCSC)NC(=O)C1=C(c2ccccc2)CC(=COc2cccnc2)C=C1. The summed E-state index contributed by atoms with van der Waals surface area (Å²) in [7, 11) is 1.33. The molecule has 0 bridgehead atoms. The molecule has 166 valence electrons. The normalized spacial score (nSPS) is 15.4. The molecular formula is C25H26N2O4S. The van der Waals surface area contributed by atoms with Crippen molar-refractivity contribution in [2.45, 2.75) is 18.9 Å². The highest BCUT2D eigenvalue weighted by atomic mass is 32.2. The summed E-state index contributed by atoms with van der Waals surface area (Å²) in [4.78, 5) is 29.4. The van der Waals surface area contributed by atoms with Gasteiger partial charge in [-0.15, -0.1) is 0 Å². The highest BCUT2D eigenvalue weighted by molar-refractivity contribution is 7.98. The van der Waals surface area contributed by atoms with Crippen LogP contribution in [0.3, 0.4) is 0 Å². The number of carbonyl (C=O) groups is 2. The van der Waals surface area contributed by atoms with Crippen LogP contribution in [0.2, 0.25) is 0 Å². The molecule has 0 unspecified atom stereocenters. The molecule has 1 heterocycles. The van der Waals surface area contributed by atoms with Crippen molar-refractivity contribution in [2.24, 2.45) is 0 Å². The van der Waals surface area contributed by atoms with E-state index in [9.17, 15) is 9.59 Å². The number of hydrogen-bond donors (Lipinski definition) is 1. The highest BCUT2D eigenvalue weighted by Gasteiger charge is 2.25. The molecule has 0 spiro atoms. The molecule has 1 aliphatic rings. The Balaban J connectivity index is 1.85. The predicted molar refractivity (Wildman–Crippen MR) is 127 cm³/mol. The van der Waals surface area contributed by atoms with Gasteiger partial charge in [-0.2, -0.15) is 11.8 Å². The number of carbonyl (C=O) groups excluding carboxylic acids is 2. The van der Waals surface area contributed by atoms with Gasteiger partial charge in [0.1, 0.15) is 11.8 Å². The largest absolute Gasteiger partial charge is 0.467 e. The number of thioether (sulfide) groups is 1. The van der Waals surface area contributed by atoms with E-state index in [-0.39, 0.29) is 5.91 Å². The first-order valence-electron chi connectivity index (χ1n) is 10.2. The molecule has 0 saturated heterocycles. The van der Waals surface area contributed by atoms with Crippen LogP contribution in [0.5, 0.6) is 5.75 Å². The van der Waals surface area contributed by atoms with Gasteiger partial charge in [0.05, 0.1) is 19.6 Å². The van der Waals surface area contributed by atoms with Crippen molar-refractivity contribution in [2.75, 3.05) is 19.1 Å². The van der Waals surface area contributed by atoms with E-state index in [4.69, 9.17) is 9.47 Å². The van der Waals surface area contributed by atoms with Crippen LogP contribution in [0.1, 0.15) is 18.4 Å². The van der Waals surface area contributed by atoms with Crippen molar-refractivity contribution in [3.05, 3.63) is 90.0 Å². The molecule has 0 fully saturated rings. The second-order valence-corrected chi connectivity index (χ2v) is 8.08. The van der Waals surface area contributed by atoms with Crippen LogP contribution in [-0.2, 0) is 14.3 Å². The van der Waals surface area contributed by atoms with E-state index in [1.54, 1.807) is 42.6 Å². The molecule has 1 N–H and O–H groups in total. The maximum Gasteiger partial charge on any atom is 0.328 e. The first kappa shape index (κ1) is 23.3. The van der Waals surface area contributed by atoms with Gasteiger partial charge in [0.15, 0.2) is 0 Å². The Hall–Kier alpha value is -3.32. The van der Waals surface area contributed by atoms with Crippen molar-refractivity contribution >= 4 is 29.2 Å². The molecule has 1 aliphatic carbocycles. The molecular weight excluding hydrogens is 424 g/mol. The fourth-order valence-corrected chi connectivity index (χ4v) is 3.73. The summed E-state index contributed by atoms with van der Waals surface area (Å²) in [6.45, 7) is 0. The highest BCUT2D eigenvalue weighted by Crippen LogP contribution is 2.32. The van der Waals surface area contributed by atoms with Crippen LogP contribution in [0.15, 0.2) is 84.4 Å². The second kappa shape index (κ2) is 11.9. The molecule has 0 aliphatic heterocycles. The zero-order valence-corrected chi connectivity index (χ0v) is 18.9. The lowest BCUT2D eigenvalue weighted by Crippen LogP contribution is -2.42. The summed E-state index contributed by atoms with van der Waals surface area (Å²) < 4.78 is 10.6. The molecule has 0 saturated carbocycles. The number of nitrogens with zero attached hydrogens (tertiary/aromatic N) is 1.